The summed E-state index contributed by atoms with van der Waals surface area (Å²) in [6.45, 7) is 3.12. The zero-order chi connectivity index (χ0) is 24.1. The smallest absolute Gasteiger partial charge is 0.303 e. The van der Waals surface area contributed by atoms with Gasteiger partial charge in [0, 0.05) is 25.9 Å². The summed E-state index contributed by atoms with van der Waals surface area (Å²) in [7, 11) is 0. The number of thiocarbonyl (C=S) groups is 1. The van der Waals surface area contributed by atoms with Gasteiger partial charge in [-0.2, -0.15) is 0 Å². The minimum atomic E-state index is -0.781. The Labute approximate surface area is 205 Å². The largest absolute Gasteiger partial charge is 0.481 e. The highest BCUT2D eigenvalue weighted by Gasteiger charge is 2.31. The van der Waals surface area contributed by atoms with Gasteiger partial charge < -0.3 is 10.4 Å². The number of hydrogen-bond acceptors (Lipinski definition) is 5. The minimum absolute atomic E-state index is 0.0162. The Morgan fingerprint density at radius 1 is 1.06 bits per heavy atom. The van der Waals surface area contributed by atoms with Crippen LogP contribution in [-0.4, -0.2) is 45.2 Å². The molecule has 0 atom stereocenters. The number of nitrogens with zero attached hydrogens (tertiary/aromatic N) is 1. The van der Waals surface area contributed by atoms with Crippen molar-refractivity contribution in [3.05, 3.63) is 52.4 Å². The van der Waals surface area contributed by atoms with E-state index in [0.29, 0.717) is 35.2 Å². The number of allylic oxidation sites excluding steroid dienone is 2. The molecule has 0 saturated carbocycles. The van der Waals surface area contributed by atoms with Crippen LogP contribution in [0.3, 0.4) is 0 Å². The number of carbonyl (C=O) groups excluding carboxylic acids is 2. The third-order valence-electron chi connectivity index (χ3n) is 5.10. The summed E-state index contributed by atoms with van der Waals surface area (Å²) in [5, 5.41) is 11.5. The van der Waals surface area contributed by atoms with E-state index in [2.05, 4.69) is 5.32 Å². The van der Waals surface area contributed by atoms with Gasteiger partial charge in [-0.25, -0.2) is 0 Å². The summed E-state index contributed by atoms with van der Waals surface area (Å²) in [6.07, 6.45) is 9.18. The fourth-order valence-electron chi connectivity index (χ4n) is 3.38. The molecule has 2 rings (SSSR count). The standard InChI is InChI=1S/C25H32N2O4S2/c1-19(17-20-11-5-2-6-12-20)18-21-24(31)27(25(32)33-21)16-10-4-7-13-22(28)26-15-9-3-8-14-23(29)30/h2,5-6,11-12,17-18H,3-4,7-10,13-16H2,1H3,(H,26,28)(H,29,30)/b19-17+,21-18-. The van der Waals surface area contributed by atoms with Crippen molar-refractivity contribution < 1.29 is 19.5 Å². The number of aliphatic carboxylic acids is 1. The van der Waals surface area contributed by atoms with Crippen molar-refractivity contribution in [2.45, 2.75) is 58.3 Å². The zero-order valence-corrected chi connectivity index (χ0v) is 20.7. The van der Waals surface area contributed by atoms with Crippen LogP contribution >= 0.6 is 24.0 Å². The summed E-state index contributed by atoms with van der Waals surface area (Å²) >= 11 is 6.74. The van der Waals surface area contributed by atoms with Crippen LogP contribution in [0.1, 0.15) is 63.9 Å². The average molecular weight is 489 g/mol. The first-order valence-corrected chi connectivity index (χ1v) is 12.6. The van der Waals surface area contributed by atoms with Crippen molar-refractivity contribution in [2.24, 2.45) is 0 Å². The lowest BCUT2D eigenvalue weighted by Crippen LogP contribution is -2.29. The van der Waals surface area contributed by atoms with Crippen molar-refractivity contribution in [3.63, 3.8) is 0 Å². The van der Waals surface area contributed by atoms with Gasteiger partial charge in [-0.15, -0.1) is 0 Å². The first-order valence-electron chi connectivity index (χ1n) is 11.3. The normalized spacial score (nSPS) is 15.4. The van der Waals surface area contributed by atoms with Crippen LogP contribution in [-0.2, 0) is 14.4 Å². The van der Waals surface area contributed by atoms with E-state index in [4.69, 9.17) is 17.3 Å². The fourth-order valence-corrected chi connectivity index (χ4v) is 4.74. The van der Waals surface area contributed by atoms with Crippen molar-refractivity contribution in [2.75, 3.05) is 13.1 Å². The first kappa shape index (κ1) is 26.8. The summed E-state index contributed by atoms with van der Waals surface area (Å²) in [5.74, 6) is -0.815. The minimum Gasteiger partial charge on any atom is -0.481 e. The molecule has 1 aliphatic rings. The Morgan fingerprint density at radius 3 is 2.48 bits per heavy atom. The molecule has 0 radical (unpaired) electrons. The van der Waals surface area contributed by atoms with Crippen molar-refractivity contribution in [1.29, 1.82) is 0 Å². The van der Waals surface area contributed by atoms with E-state index in [1.807, 2.05) is 49.4 Å². The average Bonchev–Trinajstić information content (AvgIpc) is 3.03. The van der Waals surface area contributed by atoms with Crippen molar-refractivity contribution in [3.8, 4) is 0 Å². The molecule has 2 N–H and O–H groups in total. The zero-order valence-electron chi connectivity index (χ0n) is 19.0. The Hall–Kier alpha value is -2.45. The van der Waals surface area contributed by atoms with Crippen LogP contribution in [0.5, 0.6) is 0 Å². The lowest BCUT2D eigenvalue weighted by Gasteiger charge is -2.14. The topological polar surface area (TPSA) is 86.7 Å². The highest BCUT2D eigenvalue weighted by Crippen LogP contribution is 2.32. The van der Waals surface area contributed by atoms with Crippen molar-refractivity contribution in [1.82, 2.24) is 10.2 Å². The number of amides is 2. The highest BCUT2D eigenvalue weighted by atomic mass is 32.2. The predicted octanol–water partition coefficient (Wildman–Crippen LogP) is 5.16. The van der Waals surface area contributed by atoms with Crippen molar-refractivity contribution >= 4 is 52.2 Å². The van der Waals surface area contributed by atoms with Crippen LogP contribution in [0.25, 0.3) is 6.08 Å². The Balaban J connectivity index is 1.64. The molecule has 0 bridgehead atoms. The Kier molecular flexibility index (Phi) is 11.9. The molecular formula is C25H32N2O4S2. The van der Waals surface area contributed by atoms with Gasteiger partial charge in [-0.05, 0) is 49.8 Å². The number of carbonyl (C=O) groups is 3. The van der Waals surface area contributed by atoms with E-state index in [1.165, 1.54) is 11.8 Å². The predicted molar refractivity (Wildman–Crippen MR) is 138 cm³/mol. The molecule has 1 fully saturated rings. The molecule has 1 aromatic carbocycles. The van der Waals surface area contributed by atoms with Crippen LogP contribution in [0, 0.1) is 0 Å². The Morgan fingerprint density at radius 2 is 1.76 bits per heavy atom. The lowest BCUT2D eigenvalue weighted by atomic mass is 10.1. The quantitative estimate of drug-likeness (QED) is 0.214. The van der Waals surface area contributed by atoms with Gasteiger partial charge in [0.1, 0.15) is 4.32 Å². The summed E-state index contributed by atoms with van der Waals surface area (Å²) < 4.78 is 0.583. The van der Waals surface area contributed by atoms with Gasteiger partial charge in [-0.3, -0.25) is 19.3 Å². The monoisotopic (exact) mass is 488 g/mol. The van der Waals surface area contributed by atoms with E-state index in [0.717, 1.165) is 43.2 Å². The molecule has 1 saturated heterocycles. The second-order valence-corrected chi connectivity index (χ2v) is 9.67. The van der Waals surface area contributed by atoms with Gasteiger partial charge in [0.15, 0.2) is 0 Å². The molecular weight excluding hydrogens is 456 g/mol. The van der Waals surface area contributed by atoms with Gasteiger partial charge in [0.05, 0.1) is 4.91 Å². The van der Waals surface area contributed by atoms with Gasteiger partial charge in [0.25, 0.3) is 5.91 Å². The number of thioether (sulfide) groups is 1. The van der Waals surface area contributed by atoms with Gasteiger partial charge >= 0.3 is 5.97 Å². The van der Waals surface area contributed by atoms with E-state index >= 15 is 0 Å². The molecule has 8 heteroatoms. The van der Waals surface area contributed by atoms with Crippen LogP contribution in [0.2, 0.25) is 0 Å². The van der Waals surface area contributed by atoms with Crippen LogP contribution in [0.4, 0.5) is 0 Å². The number of hydrogen-bond donors (Lipinski definition) is 2. The fraction of sp³-hybridized carbons (Fsp3) is 0.440. The molecule has 6 nitrogen and oxygen atoms in total. The molecule has 1 aliphatic heterocycles. The van der Waals surface area contributed by atoms with Crippen LogP contribution in [0.15, 0.2) is 46.9 Å². The number of nitrogens with one attached hydrogen (secondary N) is 1. The number of benzene rings is 1. The molecule has 1 aromatic rings. The molecule has 0 aliphatic carbocycles. The molecule has 0 aromatic heterocycles. The summed E-state index contributed by atoms with van der Waals surface area (Å²) in [5.41, 5.74) is 2.08. The molecule has 1 heterocycles. The van der Waals surface area contributed by atoms with Crippen LogP contribution < -0.4 is 5.32 Å². The SMILES string of the molecule is CC(/C=C1\SC(=S)N(CCCCCC(=O)NCCCCCC(=O)O)C1=O)=C\c1ccccc1. The van der Waals surface area contributed by atoms with E-state index in [1.54, 1.807) is 4.90 Å². The third-order valence-corrected chi connectivity index (χ3v) is 6.48. The molecule has 0 spiro atoms. The van der Waals surface area contributed by atoms with E-state index in [-0.39, 0.29) is 18.2 Å². The number of carboxylic acids is 1. The number of carboxylic acid groups (broad SMARTS) is 1. The van der Waals surface area contributed by atoms with Gasteiger partial charge in [-0.1, -0.05) is 73.2 Å². The highest BCUT2D eigenvalue weighted by molar-refractivity contribution is 8.26. The Bertz CT molecular complexity index is 897. The molecule has 2 amide bonds. The molecule has 33 heavy (non-hydrogen) atoms. The summed E-state index contributed by atoms with van der Waals surface area (Å²) in [6, 6.07) is 9.97. The number of unbranched alkanes of at least 4 members (excludes halogenated alkanes) is 4. The first-order chi connectivity index (χ1) is 15.9. The van der Waals surface area contributed by atoms with E-state index in [9.17, 15) is 14.4 Å². The lowest BCUT2D eigenvalue weighted by molar-refractivity contribution is -0.137. The molecule has 0 unspecified atom stereocenters. The maximum atomic E-state index is 12.7. The maximum absolute atomic E-state index is 12.7. The number of rotatable bonds is 14. The van der Waals surface area contributed by atoms with E-state index < -0.39 is 5.97 Å². The second kappa shape index (κ2) is 14.6. The summed E-state index contributed by atoms with van der Waals surface area (Å²) in [4.78, 5) is 37.4. The third kappa shape index (κ3) is 10.4. The molecule has 178 valence electrons. The van der Waals surface area contributed by atoms with Gasteiger partial charge in [0.2, 0.25) is 5.91 Å². The second-order valence-electron chi connectivity index (χ2n) is 8.00. The maximum Gasteiger partial charge on any atom is 0.303 e.